The Hall–Kier alpha value is -2.18. The number of aliphatic carboxylic acids is 1. The average molecular weight is 251 g/mol. The van der Waals surface area contributed by atoms with Crippen molar-refractivity contribution in [1.29, 1.82) is 0 Å². The lowest BCUT2D eigenvalue weighted by molar-refractivity contribution is -0.137. The van der Waals surface area contributed by atoms with Crippen molar-refractivity contribution in [1.82, 2.24) is 14.7 Å². The van der Waals surface area contributed by atoms with Crippen molar-refractivity contribution in [3.63, 3.8) is 0 Å². The molecule has 0 aliphatic heterocycles. The lowest BCUT2D eigenvalue weighted by Gasteiger charge is -2.07. The number of hydrogen-bond acceptors (Lipinski definition) is 5. The van der Waals surface area contributed by atoms with Crippen LogP contribution < -0.4 is 5.56 Å². The lowest BCUT2D eigenvalue weighted by Crippen LogP contribution is -2.28. The molecule has 96 valence electrons. The molecule has 0 aromatic carbocycles. The predicted molar refractivity (Wildman–Crippen MR) is 62.5 cm³/mol. The Balaban J connectivity index is 2.77. The maximum absolute atomic E-state index is 12.2. The molecule has 2 rings (SSSR count). The van der Waals surface area contributed by atoms with Gasteiger partial charge in [-0.15, -0.1) is 0 Å². The second kappa shape index (κ2) is 4.59. The molecule has 2 heterocycles. The number of carbonyl (C=O) groups is 1. The molecule has 0 bridgehead atoms. The van der Waals surface area contributed by atoms with Gasteiger partial charge >= 0.3 is 5.97 Å². The second-order valence-corrected chi connectivity index (χ2v) is 3.83. The van der Waals surface area contributed by atoms with E-state index >= 15 is 0 Å². The molecule has 0 aliphatic carbocycles. The number of fused-ring (bicyclic) bond motifs is 1. The van der Waals surface area contributed by atoms with Crippen LogP contribution in [0.1, 0.15) is 25.4 Å². The molecule has 0 spiro atoms. The molecule has 0 aliphatic rings. The highest BCUT2D eigenvalue weighted by atomic mass is 16.5. The summed E-state index contributed by atoms with van der Waals surface area (Å²) in [5.74, 6) is -0.698. The van der Waals surface area contributed by atoms with Crippen molar-refractivity contribution >= 4 is 17.1 Å². The van der Waals surface area contributed by atoms with E-state index in [9.17, 15) is 9.59 Å². The Kier molecular flexibility index (Phi) is 3.14. The molecule has 0 amide bonds. The van der Waals surface area contributed by atoms with Gasteiger partial charge in [-0.25, -0.2) is 0 Å². The molecule has 0 saturated heterocycles. The summed E-state index contributed by atoms with van der Waals surface area (Å²) in [6.07, 6.45) is 0.975. The molecule has 0 atom stereocenters. The number of carboxylic acid groups (broad SMARTS) is 1. The summed E-state index contributed by atoms with van der Waals surface area (Å²) in [6.45, 7) is 3.23. The molecule has 0 saturated carbocycles. The fourth-order valence-corrected chi connectivity index (χ4v) is 1.84. The van der Waals surface area contributed by atoms with Crippen LogP contribution in [0, 0.1) is 0 Å². The van der Waals surface area contributed by atoms with Crippen LogP contribution >= 0.6 is 0 Å². The molecular formula is C11H13N3O4. The van der Waals surface area contributed by atoms with Crippen molar-refractivity contribution in [2.24, 2.45) is 0 Å². The van der Waals surface area contributed by atoms with E-state index in [2.05, 4.69) is 10.1 Å². The minimum Gasteiger partial charge on any atom is -0.480 e. The molecule has 1 N–H and O–H groups in total. The first-order chi connectivity index (χ1) is 8.58. The highest BCUT2D eigenvalue weighted by Crippen LogP contribution is 2.13. The molecule has 18 heavy (non-hydrogen) atoms. The number of rotatable bonds is 4. The Morgan fingerprint density at radius 1 is 1.39 bits per heavy atom. The van der Waals surface area contributed by atoms with Gasteiger partial charge in [0, 0.05) is 6.42 Å². The van der Waals surface area contributed by atoms with Crippen LogP contribution in [0.25, 0.3) is 11.1 Å². The first kappa shape index (κ1) is 12.3. The van der Waals surface area contributed by atoms with Crippen LogP contribution in [0.4, 0.5) is 0 Å². The van der Waals surface area contributed by atoms with Crippen LogP contribution in [-0.4, -0.2) is 25.8 Å². The van der Waals surface area contributed by atoms with Gasteiger partial charge in [-0.05, 0) is 6.42 Å². The third-order valence-corrected chi connectivity index (χ3v) is 2.69. The van der Waals surface area contributed by atoms with Crippen molar-refractivity contribution < 1.29 is 14.4 Å². The lowest BCUT2D eigenvalue weighted by atomic mass is 10.2. The Labute approximate surface area is 102 Å². The summed E-state index contributed by atoms with van der Waals surface area (Å²) in [5.41, 5.74) is 0.275. The smallest absolute Gasteiger partial charge is 0.323 e. The van der Waals surface area contributed by atoms with E-state index in [-0.39, 0.29) is 11.1 Å². The van der Waals surface area contributed by atoms with Gasteiger partial charge in [0.05, 0.1) is 5.69 Å². The minimum absolute atomic E-state index is 0.176. The highest BCUT2D eigenvalue weighted by Gasteiger charge is 2.18. The van der Waals surface area contributed by atoms with Crippen LogP contribution in [0.2, 0.25) is 0 Å². The van der Waals surface area contributed by atoms with E-state index in [4.69, 9.17) is 9.63 Å². The third kappa shape index (κ3) is 1.87. The molecule has 2 aromatic heterocycles. The summed E-state index contributed by atoms with van der Waals surface area (Å²) in [5, 5.41) is 12.9. The average Bonchev–Trinajstić information content (AvgIpc) is 2.75. The SMILES string of the molecule is CCc1noc2nc(CC)n(CC(=O)O)c(=O)c12. The van der Waals surface area contributed by atoms with Crippen molar-refractivity contribution in [3.8, 4) is 0 Å². The van der Waals surface area contributed by atoms with Gasteiger partial charge in [-0.1, -0.05) is 19.0 Å². The zero-order valence-electron chi connectivity index (χ0n) is 10.1. The van der Waals surface area contributed by atoms with Gasteiger partial charge in [0.1, 0.15) is 17.8 Å². The van der Waals surface area contributed by atoms with Gasteiger partial charge in [-0.3, -0.25) is 14.2 Å². The monoisotopic (exact) mass is 251 g/mol. The van der Waals surface area contributed by atoms with Gasteiger partial charge in [-0.2, -0.15) is 4.98 Å². The van der Waals surface area contributed by atoms with E-state index in [0.29, 0.717) is 24.4 Å². The zero-order valence-corrected chi connectivity index (χ0v) is 10.1. The summed E-state index contributed by atoms with van der Waals surface area (Å²) in [6, 6.07) is 0. The largest absolute Gasteiger partial charge is 0.480 e. The van der Waals surface area contributed by atoms with Gasteiger partial charge < -0.3 is 9.63 Å². The van der Waals surface area contributed by atoms with Crippen LogP contribution in [-0.2, 0) is 24.2 Å². The number of nitrogens with zero attached hydrogens (tertiary/aromatic N) is 3. The van der Waals surface area contributed by atoms with Gasteiger partial charge in [0.2, 0.25) is 0 Å². The summed E-state index contributed by atoms with van der Waals surface area (Å²) >= 11 is 0. The van der Waals surface area contributed by atoms with E-state index in [1.54, 1.807) is 6.92 Å². The quantitative estimate of drug-likeness (QED) is 0.854. The van der Waals surface area contributed by atoms with E-state index < -0.39 is 18.1 Å². The maximum Gasteiger partial charge on any atom is 0.323 e. The summed E-state index contributed by atoms with van der Waals surface area (Å²) in [4.78, 5) is 27.2. The molecule has 0 radical (unpaired) electrons. The Bertz CT molecular complexity index is 656. The number of carboxylic acids is 1. The van der Waals surface area contributed by atoms with Crippen LogP contribution in [0.5, 0.6) is 0 Å². The van der Waals surface area contributed by atoms with E-state index in [1.165, 1.54) is 0 Å². The Morgan fingerprint density at radius 2 is 2.11 bits per heavy atom. The van der Waals surface area contributed by atoms with Crippen LogP contribution in [0.3, 0.4) is 0 Å². The predicted octanol–water partition coefficient (Wildman–Crippen LogP) is 0.594. The first-order valence-corrected chi connectivity index (χ1v) is 5.68. The number of aryl methyl sites for hydroxylation is 2. The van der Waals surface area contributed by atoms with Gasteiger partial charge in [0.25, 0.3) is 11.3 Å². The number of hydrogen-bond donors (Lipinski definition) is 1. The van der Waals surface area contributed by atoms with Crippen molar-refractivity contribution in [2.45, 2.75) is 33.2 Å². The van der Waals surface area contributed by atoms with E-state index in [1.807, 2.05) is 6.92 Å². The topological polar surface area (TPSA) is 98.2 Å². The molecule has 0 unspecified atom stereocenters. The van der Waals surface area contributed by atoms with Crippen LogP contribution in [0.15, 0.2) is 9.32 Å². The fourth-order valence-electron chi connectivity index (χ4n) is 1.84. The normalized spacial score (nSPS) is 11.0. The fraction of sp³-hybridized carbons (Fsp3) is 0.455. The van der Waals surface area contributed by atoms with Gasteiger partial charge in [0.15, 0.2) is 0 Å². The molecular weight excluding hydrogens is 238 g/mol. The molecule has 7 heteroatoms. The zero-order chi connectivity index (χ0) is 13.3. The van der Waals surface area contributed by atoms with Crippen molar-refractivity contribution in [3.05, 3.63) is 21.9 Å². The third-order valence-electron chi connectivity index (χ3n) is 2.69. The molecule has 0 fully saturated rings. The van der Waals surface area contributed by atoms with E-state index in [0.717, 1.165) is 4.57 Å². The number of aromatic nitrogens is 3. The summed E-state index contributed by atoms with van der Waals surface area (Å²) < 4.78 is 6.16. The highest BCUT2D eigenvalue weighted by molar-refractivity contribution is 5.75. The maximum atomic E-state index is 12.2. The van der Waals surface area contributed by atoms with Crippen molar-refractivity contribution in [2.75, 3.05) is 0 Å². The molecule has 2 aromatic rings. The minimum atomic E-state index is -1.08. The summed E-state index contributed by atoms with van der Waals surface area (Å²) in [7, 11) is 0. The Morgan fingerprint density at radius 3 is 2.67 bits per heavy atom. The standard InChI is InChI=1S/C11H13N3O4/c1-3-6-9-10(18-13-6)12-7(4-2)14(11(9)17)5-8(15)16/h3-5H2,1-2H3,(H,15,16). The first-order valence-electron chi connectivity index (χ1n) is 5.68. The molecule has 7 nitrogen and oxygen atoms in total. The second-order valence-electron chi connectivity index (χ2n) is 3.83.